The Morgan fingerprint density at radius 2 is 2.07 bits per heavy atom. The van der Waals surface area contributed by atoms with E-state index in [1.54, 1.807) is 6.07 Å². The molecule has 1 saturated carbocycles. The molecule has 72 valence electrons. The van der Waals surface area contributed by atoms with Crippen LogP contribution in [0.1, 0.15) is 23.5 Å². The molecule has 1 aromatic rings. The second kappa shape index (κ2) is 3.41. The van der Waals surface area contributed by atoms with Gasteiger partial charge in [0.2, 0.25) is 0 Å². The highest BCUT2D eigenvalue weighted by molar-refractivity contribution is 9.10. The summed E-state index contributed by atoms with van der Waals surface area (Å²) in [5, 5.41) is 8.78. The van der Waals surface area contributed by atoms with E-state index in [1.165, 1.54) is 0 Å². The van der Waals surface area contributed by atoms with Crippen molar-refractivity contribution in [3.8, 4) is 6.07 Å². The lowest BCUT2D eigenvalue weighted by atomic mass is 10.1. The molecule has 1 aliphatic carbocycles. The van der Waals surface area contributed by atoms with Crippen LogP contribution in [-0.2, 0) is 0 Å². The van der Waals surface area contributed by atoms with Gasteiger partial charge in [0.15, 0.2) is 0 Å². The van der Waals surface area contributed by atoms with Crippen molar-refractivity contribution in [2.24, 2.45) is 0 Å². The van der Waals surface area contributed by atoms with E-state index < -0.39 is 4.33 Å². The zero-order valence-corrected chi connectivity index (χ0v) is 10.2. The second-order valence-corrected chi connectivity index (χ2v) is 5.86. The second-order valence-electron chi connectivity index (χ2n) is 3.40. The first kappa shape index (κ1) is 10.3. The summed E-state index contributed by atoms with van der Waals surface area (Å²) in [6, 6.07) is 7.67. The molecular weight excluding hydrogens is 285 g/mol. The monoisotopic (exact) mass is 289 g/mol. The van der Waals surface area contributed by atoms with E-state index in [0.717, 1.165) is 16.5 Å². The Bertz CT molecular complexity index is 423. The number of hydrogen-bond acceptors (Lipinski definition) is 1. The van der Waals surface area contributed by atoms with Crippen molar-refractivity contribution in [2.45, 2.75) is 16.7 Å². The van der Waals surface area contributed by atoms with Gasteiger partial charge < -0.3 is 0 Å². The quantitative estimate of drug-likeness (QED) is 0.718. The summed E-state index contributed by atoms with van der Waals surface area (Å²) in [6.07, 6.45) is 0.761. The lowest BCUT2D eigenvalue weighted by Crippen LogP contribution is -1.90. The van der Waals surface area contributed by atoms with Gasteiger partial charge in [-0.2, -0.15) is 5.26 Å². The van der Waals surface area contributed by atoms with Crippen LogP contribution >= 0.6 is 39.1 Å². The zero-order valence-electron chi connectivity index (χ0n) is 7.10. The minimum Gasteiger partial charge on any atom is -0.192 e. The van der Waals surface area contributed by atoms with Gasteiger partial charge in [0.05, 0.1) is 11.6 Å². The molecule has 4 heteroatoms. The number of rotatable bonds is 1. The van der Waals surface area contributed by atoms with Gasteiger partial charge in [0, 0.05) is 10.4 Å². The van der Waals surface area contributed by atoms with Crippen LogP contribution in [0.4, 0.5) is 0 Å². The topological polar surface area (TPSA) is 23.8 Å². The Morgan fingerprint density at radius 1 is 1.43 bits per heavy atom. The van der Waals surface area contributed by atoms with Gasteiger partial charge in [-0.15, -0.1) is 23.2 Å². The Labute approximate surface area is 101 Å². The van der Waals surface area contributed by atoms with Crippen LogP contribution < -0.4 is 0 Å². The van der Waals surface area contributed by atoms with E-state index in [0.29, 0.717) is 5.56 Å². The fourth-order valence-electron chi connectivity index (χ4n) is 1.45. The fraction of sp³-hybridized carbons (Fsp3) is 0.300. The highest BCUT2D eigenvalue weighted by Crippen LogP contribution is 2.59. The largest absolute Gasteiger partial charge is 0.192 e. The van der Waals surface area contributed by atoms with Crippen molar-refractivity contribution in [2.75, 3.05) is 0 Å². The summed E-state index contributed by atoms with van der Waals surface area (Å²) in [5.41, 5.74) is 1.66. The lowest BCUT2D eigenvalue weighted by molar-refractivity contribution is 1.10. The van der Waals surface area contributed by atoms with Crippen molar-refractivity contribution in [1.29, 1.82) is 5.26 Å². The summed E-state index contributed by atoms with van der Waals surface area (Å²) in [4.78, 5) is 0. The maximum atomic E-state index is 8.78. The molecule has 0 amide bonds. The van der Waals surface area contributed by atoms with E-state index in [4.69, 9.17) is 28.5 Å². The number of hydrogen-bond donors (Lipinski definition) is 0. The zero-order chi connectivity index (χ0) is 10.3. The van der Waals surface area contributed by atoms with Crippen LogP contribution in [0.2, 0.25) is 0 Å². The Hall–Kier alpha value is -0.230. The average molecular weight is 291 g/mol. The smallest absolute Gasteiger partial charge is 0.125 e. The molecule has 1 aromatic carbocycles. The maximum absolute atomic E-state index is 8.78. The third-order valence-electron chi connectivity index (χ3n) is 2.28. The lowest BCUT2D eigenvalue weighted by Gasteiger charge is -2.02. The van der Waals surface area contributed by atoms with Crippen LogP contribution in [0, 0.1) is 11.3 Å². The van der Waals surface area contributed by atoms with Gasteiger partial charge in [-0.05, 0) is 30.2 Å². The highest BCUT2D eigenvalue weighted by Gasteiger charge is 2.52. The molecule has 14 heavy (non-hydrogen) atoms. The standard InChI is InChI=1S/C10H6BrCl2N/c11-8-2-6(5-14)1-7(3-8)9-4-10(9,12)13/h1-3,9H,4H2. The normalized spacial score (nSPS) is 22.9. The minimum absolute atomic E-state index is 0.162. The van der Waals surface area contributed by atoms with Crippen LogP contribution in [0.25, 0.3) is 0 Å². The van der Waals surface area contributed by atoms with E-state index in [1.807, 2.05) is 12.1 Å². The van der Waals surface area contributed by atoms with E-state index in [9.17, 15) is 0 Å². The number of nitrogens with zero attached hydrogens (tertiary/aromatic N) is 1. The Balaban J connectivity index is 2.37. The molecule has 0 bridgehead atoms. The van der Waals surface area contributed by atoms with E-state index in [2.05, 4.69) is 22.0 Å². The van der Waals surface area contributed by atoms with Gasteiger partial charge in [0.25, 0.3) is 0 Å². The average Bonchev–Trinajstić information content (AvgIpc) is 2.74. The SMILES string of the molecule is N#Cc1cc(Br)cc(C2CC2(Cl)Cl)c1. The molecule has 0 aliphatic heterocycles. The molecule has 1 nitrogen and oxygen atoms in total. The molecule has 1 atom stereocenters. The van der Waals surface area contributed by atoms with Gasteiger partial charge >= 0.3 is 0 Å². The summed E-state index contributed by atoms with van der Waals surface area (Å²) in [5.74, 6) is 0.162. The number of alkyl halides is 2. The third kappa shape index (κ3) is 1.91. The number of halogens is 3. The van der Waals surface area contributed by atoms with Crippen LogP contribution in [-0.4, -0.2) is 4.33 Å². The summed E-state index contributed by atoms with van der Waals surface area (Å²) >= 11 is 15.3. The predicted molar refractivity (Wildman–Crippen MR) is 60.7 cm³/mol. The summed E-state index contributed by atoms with van der Waals surface area (Å²) in [6.45, 7) is 0. The summed E-state index contributed by atoms with van der Waals surface area (Å²) in [7, 11) is 0. The predicted octanol–water partition coefficient (Wildman–Crippen LogP) is 3.98. The molecule has 0 heterocycles. The first-order chi connectivity index (χ1) is 6.53. The minimum atomic E-state index is -0.631. The van der Waals surface area contributed by atoms with Crippen molar-refractivity contribution in [3.05, 3.63) is 33.8 Å². The van der Waals surface area contributed by atoms with Gasteiger partial charge in [-0.25, -0.2) is 0 Å². The molecule has 1 unspecified atom stereocenters. The van der Waals surface area contributed by atoms with Gasteiger partial charge in [-0.1, -0.05) is 15.9 Å². The Morgan fingerprint density at radius 3 is 2.57 bits per heavy atom. The van der Waals surface area contributed by atoms with Crippen LogP contribution in [0.5, 0.6) is 0 Å². The molecule has 0 spiro atoms. The molecular formula is C10H6BrCl2N. The molecule has 0 saturated heterocycles. The third-order valence-corrected chi connectivity index (χ3v) is 3.57. The van der Waals surface area contributed by atoms with Crippen molar-refractivity contribution >= 4 is 39.1 Å². The van der Waals surface area contributed by atoms with E-state index >= 15 is 0 Å². The molecule has 1 aliphatic rings. The Kier molecular flexibility index (Phi) is 2.51. The van der Waals surface area contributed by atoms with Crippen molar-refractivity contribution in [1.82, 2.24) is 0 Å². The molecule has 0 N–H and O–H groups in total. The first-order valence-corrected chi connectivity index (χ1v) is 5.66. The highest BCUT2D eigenvalue weighted by atomic mass is 79.9. The molecule has 1 fully saturated rings. The van der Waals surface area contributed by atoms with Crippen molar-refractivity contribution in [3.63, 3.8) is 0 Å². The fourth-order valence-corrected chi connectivity index (χ4v) is 2.52. The maximum Gasteiger partial charge on any atom is 0.125 e. The van der Waals surface area contributed by atoms with Crippen molar-refractivity contribution < 1.29 is 0 Å². The number of benzene rings is 1. The molecule has 2 rings (SSSR count). The van der Waals surface area contributed by atoms with E-state index in [-0.39, 0.29) is 5.92 Å². The number of nitriles is 1. The molecule has 0 radical (unpaired) electrons. The van der Waals surface area contributed by atoms with Gasteiger partial charge in [-0.3, -0.25) is 0 Å². The van der Waals surface area contributed by atoms with Crippen LogP contribution in [0.3, 0.4) is 0 Å². The van der Waals surface area contributed by atoms with Gasteiger partial charge in [0.1, 0.15) is 4.33 Å². The molecule has 0 aromatic heterocycles. The first-order valence-electron chi connectivity index (χ1n) is 4.11. The summed E-state index contributed by atoms with van der Waals surface area (Å²) < 4.78 is 0.260. The van der Waals surface area contributed by atoms with Crippen LogP contribution in [0.15, 0.2) is 22.7 Å².